The number of carbonyl (C=O) groups is 2. The predicted octanol–water partition coefficient (Wildman–Crippen LogP) is 3.97. The molecule has 0 aliphatic rings. The molecule has 3 aromatic rings. The van der Waals surface area contributed by atoms with Crippen LogP contribution in [-0.2, 0) is 9.53 Å². The van der Waals surface area contributed by atoms with E-state index >= 15 is 0 Å². The number of benzene rings is 3. The summed E-state index contributed by atoms with van der Waals surface area (Å²) < 4.78 is 4.93. The first-order chi connectivity index (χ1) is 14.1. The number of anilines is 1. The van der Waals surface area contributed by atoms with Crippen LogP contribution in [0.1, 0.15) is 10.4 Å². The number of methoxy groups -OCH3 is 1. The minimum absolute atomic E-state index is 0.0859. The topological polar surface area (TPSA) is 58.6 Å². The van der Waals surface area contributed by atoms with Gasteiger partial charge in [-0.05, 0) is 35.0 Å². The second kappa shape index (κ2) is 10.1. The molecule has 0 bridgehead atoms. The minimum Gasteiger partial charge on any atom is -0.383 e. The summed E-state index contributed by atoms with van der Waals surface area (Å²) in [6, 6.07) is 21.4. The molecule has 5 nitrogen and oxygen atoms in total. The monoisotopic (exact) mass is 408 g/mol. The van der Waals surface area contributed by atoms with Crippen LogP contribution in [0.25, 0.3) is 10.8 Å². The summed E-state index contributed by atoms with van der Waals surface area (Å²) in [7, 11) is 3.36. The highest BCUT2D eigenvalue weighted by molar-refractivity contribution is 8.00. The van der Waals surface area contributed by atoms with Crippen molar-refractivity contribution in [2.75, 3.05) is 38.0 Å². The van der Waals surface area contributed by atoms with E-state index in [1.807, 2.05) is 60.7 Å². The third-order valence-corrected chi connectivity index (χ3v) is 5.60. The van der Waals surface area contributed by atoms with E-state index < -0.39 is 0 Å². The SMILES string of the molecule is COCCNC(=O)CSc1ccccc1C(=O)N(C)c1ccc2ccccc2c1. The number of fused-ring (bicyclic) bond motifs is 1. The Bertz CT molecular complexity index is 1010. The van der Waals surface area contributed by atoms with Crippen LogP contribution < -0.4 is 10.2 Å². The lowest BCUT2D eigenvalue weighted by Gasteiger charge is -2.19. The van der Waals surface area contributed by atoms with Crippen molar-refractivity contribution in [1.82, 2.24) is 5.32 Å². The Hall–Kier alpha value is -2.83. The molecule has 0 saturated carbocycles. The second-order valence-electron chi connectivity index (χ2n) is 6.52. The summed E-state index contributed by atoms with van der Waals surface area (Å²) in [6.07, 6.45) is 0. The van der Waals surface area contributed by atoms with Crippen molar-refractivity contribution in [3.63, 3.8) is 0 Å². The number of hydrogen-bond donors (Lipinski definition) is 1. The molecule has 0 unspecified atom stereocenters. The van der Waals surface area contributed by atoms with Gasteiger partial charge in [0.1, 0.15) is 0 Å². The third-order valence-electron chi connectivity index (χ3n) is 4.53. The van der Waals surface area contributed by atoms with Crippen LogP contribution in [0.2, 0.25) is 0 Å². The molecule has 150 valence electrons. The summed E-state index contributed by atoms with van der Waals surface area (Å²) in [6.45, 7) is 0.948. The molecule has 29 heavy (non-hydrogen) atoms. The third kappa shape index (κ3) is 5.37. The number of thioether (sulfide) groups is 1. The molecule has 0 saturated heterocycles. The van der Waals surface area contributed by atoms with E-state index in [-0.39, 0.29) is 17.6 Å². The Morgan fingerprint density at radius 1 is 1.00 bits per heavy atom. The number of nitrogens with one attached hydrogen (secondary N) is 1. The molecule has 1 N–H and O–H groups in total. The highest BCUT2D eigenvalue weighted by atomic mass is 32.2. The van der Waals surface area contributed by atoms with Crippen molar-refractivity contribution >= 4 is 40.0 Å². The van der Waals surface area contributed by atoms with E-state index in [0.717, 1.165) is 21.4 Å². The summed E-state index contributed by atoms with van der Waals surface area (Å²) in [5.74, 6) is 0.0496. The summed E-state index contributed by atoms with van der Waals surface area (Å²) in [4.78, 5) is 27.6. The Balaban J connectivity index is 1.73. The van der Waals surface area contributed by atoms with Gasteiger partial charge in [-0.25, -0.2) is 0 Å². The Morgan fingerprint density at radius 3 is 2.52 bits per heavy atom. The predicted molar refractivity (Wildman–Crippen MR) is 119 cm³/mol. The molecule has 0 aliphatic heterocycles. The van der Waals surface area contributed by atoms with Gasteiger partial charge < -0.3 is 15.0 Å². The van der Waals surface area contributed by atoms with Gasteiger partial charge in [0, 0.05) is 31.3 Å². The first-order valence-corrected chi connectivity index (χ1v) is 10.3. The van der Waals surface area contributed by atoms with Gasteiger partial charge in [0.2, 0.25) is 5.91 Å². The van der Waals surface area contributed by atoms with Crippen molar-refractivity contribution in [3.8, 4) is 0 Å². The van der Waals surface area contributed by atoms with E-state index in [2.05, 4.69) is 5.32 Å². The molecular formula is C23H24N2O3S. The lowest BCUT2D eigenvalue weighted by molar-refractivity contribution is -0.118. The van der Waals surface area contributed by atoms with Gasteiger partial charge in [0.25, 0.3) is 5.91 Å². The maximum Gasteiger partial charge on any atom is 0.259 e. The van der Waals surface area contributed by atoms with Crippen LogP contribution in [0.5, 0.6) is 0 Å². The molecule has 0 spiro atoms. The smallest absolute Gasteiger partial charge is 0.259 e. The number of carbonyl (C=O) groups excluding carboxylic acids is 2. The molecule has 0 aromatic heterocycles. The van der Waals surface area contributed by atoms with Crippen LogP contribution >= 0.6 is 11.8 Å². The van der Waals surface area contributed by atoms with Gasteiger partial charge in [-0.3, -0.25) is 9.59 Å². The van der Waals surface area contributed by atoms with E-state index in [0.29, 0.717) is 18.7 Å². The molecule has 0 radical (unpaired) electrons. The van der Waals surface area contributed by atoms with Gasteiger partial charge in [-0.15, -0.1) is 11.8 Å². The summed E-state index contributed by atoms with van der Waals surface area (Å²) >= 11 is 1.36. The van der Waals surface area contributed by atoms with Gasteiger partial charge in [-0.1, -0.05) is 42.5 Å². The molecule has 2 amide bonds. The van der Waals surface area contributed by atoms with E-state index in [4.69, 9.17) is 4.74 Å². The second-order valence-corrected chi connectivity index (χ2v) is 7.54. The fraction of sp³-hybridized carbons (Fsp3) is 0.217. The number of amides is 2. The average molecular weight is 409 g/mol. The number of nitrogens with zero attached hydrogens (tertiary/aromatic N) is 1. The maximum absolute atomic E-state index is 13.2. The standard InChI is InChI=1S/C23H24N2O3S/c1-25(19-12-11-17-7-3-4-8-18(17)15-19)23(27)20-9-5-6-10-21(20)29-16-22(26)24-13-14-28-2/h3-12,15H,13-14,16H2,1-2H3,(H,24,26). The summed E-state index contributed by atoms with van der Waals surface area (Å²) in [5, 5.41) is 5.00. The van der Waals surface area contributed by atoms with Crippen molar-refractivity contribution < 1.29 is 14.3 Å². The fourth-order valence-electron chi connectivity index (χ4n) is 2.94. The lowest BCUT2D eigenvalue weighted by Crippen LogP contribution is -2.29. The molecule has 3 aromatic carbocycles. The maximum atomic E-state index is 13.2. The van der Waals surface area contributed by atoms with E-state index in [1.54, 1.807) is 25.1 Å². The van der Waals surface area contributed by atoms with Crippen molar-refractivity contribution in [1.29, 1.82) is 0 Å². The normalized spacial score (nSPS) is 10.7. The quantitative estimate of drug-likeness (QED) is 0.453. The van der Waals surface area contributed by atoms with Crippen LogP contribution in [0, 0.1) is 0 Å². The highest BCUT2D eigenvalue weighted by Gasteiger charge is 2.18. The molecule has 6 heteroatoms. The minimum atomic E-state index is -0.108. The van der Waals surface area contributed by atoms with Crippen LogP contribution in [0.15, 0.2) is 71.6 Å². The van der Waals surface area contributed by atoms with Crippen molar-refractivity contribution in [2.24, 2.45) is 0 Å². The Morgan fingerprint density at radius 2 is 1.72 bits per heavy atom. The fourth-order valence-corrected chi connectivity index (χ4v) is 3.81. The van der Waals surface area contributed by atoms with Crippen LogP contribution in [0.4, 0.5) is 5.69 Å². The first kappa shape index (κ1) is 20.9. The molecule has 0 fully saturated rings. The molecule has 0 heterocycles. The van der Waals surface area contributed by atoms with Crippen LogP contribution in [-0.4, -0.2) is 44.9 Å². The Labute approximate surface area is 175 Å². The van der Waals surface area contributed by atoms with Gasteiger partial charge >= 0.3 is 0 Å². The molecule has 0 aliphatic carbocycles. The lowest BCUT2D eigenvalue weighted by atomic mass is 10.1. The van der Waals surface area contributed by atoms with Gasteiger partial charge in [0.05, 0.1) is 17.9 Å². The number of hydrogen-bond acceptors (Lipinski definition) is 4. The van der Waals surface area contributed by atoms with E-state index in [9.17, 15) is 9.59 Å². The molecular weight excluding hydrogens is 384 g/mol. The van der Waals surface area contributed by atoms with Crippen molar-refractivity contribution in [2.45, 2.75) is 4.90 Å². The van der Waals surface area contributed by atoms with Crippen LogP contribution in [0.3, 0.4) is 0 Å². The van der Waals surface area contributed by atoms with E-state index in [1.165, 1.54) is 11.8 Å². The largest absolute Gasteiger partial charge is 0.383 e. The average Bonchev–Trinajstić information content (AvgIpc) is 2.76. The van der Waals surface area contributed by atoms with Gasteiger partial charge in [-0.2, -0.15) is 0 Å². The molecule has 0 atom stereocenters. The highest BCUT2D eigenvalue weighted by Crippen LogP contribution is 2.27. The number of ether oxygens (including phenoxy) is 1. The summed E-state index contributed by atoms with van der Waals surface area (Å²) in [5.41, 5.74) is 1.41. The van der Waals surface area contributed by atoms with Gasteiger partial charge in [0.15, 0.2) is 0 Å². The zero-order valence-electron chi connectivity index (χ0n) is 16.6. The number of rotatable bonds is 8. The Kier molecular flexibility index (Phi) is 7.27. The zero-order valence-corrected chi connectivity index (χ0v) is 17.4. The first-order valence-electron chi connectivity index (χ1n) is 9.34. The zero-order chi connectivity index (χ0) is 20.6. The molecule has 3 rings (SSSR count). The van der Waals surface area contributed by atoms with Crippen molar-refractivity contribution in [3.05, 3.63) is 72.3 Å².